The summed E-state index contributed by atoms with van der Waals surface area (Å²) in [6.45, 7) is 2.11. The van der Waals surface area contributed by atoms with Crippen molar-refractivity contribution in [2.45, 2.75) is 19.4 Å². The predicted octanol–water partition coefficient (Wildman–Crippen LogP) is 0.0122. The van der Waals surface area contributed by atoms with Crippen molar-refractivity contribution in [3.05, 3.63) is 40.9 Å². The van der Waals surface area contributed by atoms with E-state index in [2.05, 4.69) is 19.9 Å². The molecule has 17 heteroatoms. The molecule has 2 atom stereocenters. The Balaban J connectivity index is 1.55. The van der Waals surface area contributed by atoms with Gasteiger partial charge >= 0.3 is 10.3 Å². The molecule has 1 amide bonds. The van der Waals surface area contributed by atoms with Gasteiger partial charge in [0.05, 0.1) is 18.5 Å². The molecule has 1 aliphatic rings. The van der Waals surface area contributed by atoms with E-state index in [1.54, 1.807) is 24.3 Å². The monoisotopic (exact) mass is 582 g/mol. The molecule has 0 unspecified atom stereocenters. The topological polar surface area (TPSA) is 226 Å². The van der Waals surface area contributed by atoms with Gasteiger partial charge in [-0.1, -0.05) is 5.16 Å². The summed E-state index contributed by atoms with van der Waals surface area (Å²) in [5.41, 5.74) is 12.2. The van der Waals surface area contributed by atoms with Crippen LogP contribution in [0.3, 0.4) is 0 Å². The van der Waals surface area contributed by atoms with Crippen LogP contribution in [0.1, 0.15) is 24.6 Å². The Labute approximate surface area is 227 Å². The average molecular weight is 583 g/mol. The van der Waals surface area contributed by atoms with E-state index in [0.29, 0.717) is 22.1 Å². The van der Waals surface area contributed by atoms with Crippen LogP contribution in [0.25, 0.3) is 0 Å². The number of Topliss-reactive ketones (excluding diaryl/α,β-unsaturated/α-hetero) is 1. The number of amides is 1. The van der Waals surface area contributed by atoms with Gasteiger partial charge in [0.25, 0.3) is 6.47 Å². The number of oxime groups is 1. The van der Waals surface area contributed by atoms with Crippen LogP contribution in [0.5, 0.6) is 5.75 Å². The van der Waals surface area contributed by atoms with E-state index in [-0.39, 0.29) is 55.2 Å². The smallest absolute Gasteiger partial charge is 0.362 e. The fourth-order valence-corrected chi connectivity index (χ4v) is 5.03. The number of ketones is 1. The first-order valence-corrected chi connectivity index (χ1v) is 13.6. The number of carbonyl (C=O) groups is 3. The molecule has 5 N–H and O–H groups in total. The third-order valence-corrected chi connectivity index (χ3v) is 7.16. The zero-order valence-electron chi connectivity index (χ0n) is 20.6. The van der Waals surface area contributed by atoms with E-state index in [1.807, 2.05) is 0 Å². The average Bonchev–Trinajstić information content (AvgIpc) is 3.32. The molecule has 0 aliphatic carbocycles. The number of nitrogen functional groups attached to an aromatic ring is 1. The maximum atomic E-state index is 12.9. The Hall–Kier alpha value is -4.09. The zero-order chi connectivity index (χ0) is 28.6. The lowest BCUT2D eigenvalue weighted by atomic mass is 9.86. The highest BCUT2D eigenvalue weighted by molar-refractivity contribution is 7.84. The number of hydrogen-bond donors (Lipinski definition) is 3. The molecular weight excluding hydrogens is 556 g/mol. The van der Waals surface area contributed by atoms with Crippen LogP contribution in [0.4, 0.5) is 5.13 Å². The molecule has 15 nitrogen and oxygen atoms in total. The van der Waals surface area contributed by atoms with Crippen LogP contribution in [0, 0.1) is 5.92 Å². The van der Waals surface area contributed by atoms with E-state index in [1.165, 1.54) is 12.3 Å². The number of β-lactam (4-membered cyclic amide) rings is 1. The van der Waals surface area contributed by atoms with Gasteiger partial charge in [-0.15, -0.1) is 11.3 Å². The van der Waals surface area contributed by atoms with Crippen LogP contribution in [-0.2, 0) is 34.3 Å². The minimum Gasteiger partial charge on any atom is -0.490 e. The van der Waals surface area contributed by atoms with E-state index < -0.39 is 34.0 Å². The molecule has 0 radical (unpaired) electrons. The summed E-state index contributed by atoms with van der Waals surface area (Å²) < 4.78 is 42.2. The van der Waals surface area contributed by atoms with E-state index >= 15 is 0 Å². The first kappa shape index (κ1) is 29.5. The molecular formula is C22H26N6O9S2. The molecule has 0 spiro atoms. The van der Waals surface area contributed by atoms with Crippen LogP contribution < -0.4 is 16.2 Å². The number of hydrogen-bond acceptors (Lipinski definition) is 13. The Kier molecular flexibility index (Phi) is 9.91. The fraction of sp³-hybridized carbons (Fsp3) is 0.364. The number of aromatic nitrogens is 1. The molecule has 1 aromatic heterocycles. The Bertz CT molecular complexity index is 1360. The first-order chi connectivity index (χ1) is 18.5. The summed E-state index contributed by atoms with van der Waals surface area (Å²) in [7, 11) is -4.71. The van der Waals surface area contributed by atoms with Crippen molar-refractivity contribution in [1.82, 2.24) is 9.29 Å². The lowest BCUT2D eigenvalue weighted by molar-refractivity contribution is -0.147. The molecule has 1 aliphatic heterocycles. The van der Waals surface area contributed by atoms with Crippen LogP contribution in [-0.4, -0.2) is 84.4 Å². The van der Waals surface area contributed by atoms with Crippen LogP contribution in [0.15, 0.2) is 39.8 Å². The Morgan fingerprint density at radius 3 is 2.56 bits per heavy atom. The lowest BCUT2D eigenvalue weighted by Crippen LogP contribution is -2.62. The molecule has 1 aromatic carbocycles. The summed E-state index contributed by atoms with van der Waals surface area (Å²) in [6.07, 6.45) is -0.370. The Morgan fingerprint density at radius 1 is 1.26 bits per heavy atom. The van der Waals surface area contributed by atoms with E-state index in [4.69, 9.17) is 25.6 Å². The number of ether oxygens (including phenoxy) is 2. The van der Waals surface area contributed by atoms with Crippen molar-refractivity contribution in [2.24, 2.45) is 21.8 Å². The second-order valence-electron chi connectivity index (χ2n) is 8.04. The standard InChI is InChI=1S/C22H26N6O9S2/c1-13-16(21(31)28(13)39(32,33)34)10-18(30)19(17-11-38-22(24)26-17)27-37-9-8-36-15-4-2-14(3-5-15)20(23)25-6-7-35-12-29/h2-5,11-13,16H,6-10H2,1H3,(H2,23,25)(H2,24,26)(H,32,33,34)/b27-19-/t13-,16-/m0/s1. The van der Waals surface area contributed by atoms with Gasteiger partial charge in [0.1, 0.15) is 30.5 Å². The van der Waals surface area contributed by atoms with Crippen molar-refractivity contribution in [3.63, 3.8) is 0 Å². The number of thiazole rings is 1. The largest absolute Gasteiger partial charge is 0.490 e. The maximum absolute atomic E-state index is 12.9. The Morgan fingerprint density at radius 2 is 1.97 bits per heavy atom. The van der Waals surface area contributed by atoms with Gasteiger partial charge in [-0.2, -0.15) is 8.42 Å². The summed E-state index contributed by atoms with van der Waals surface area (Å²) in [4.78, 5) is 48.6. The van der Waals surface area contributed by atoms with Crippen molar-refractivity contribution in [3.8, 4) is 5.75 Å². The minimum atomic E-state index is -4.71. The number of carbonyl (C=O) groups excluding carboxylic acids is 3. The quantitative estimate of drug-likeness (QED) is 0.0480. The van der Waals surface area contributed by atoms with E-state index in [0.717, 1.165) is 11.3 Å². The molecule has 3 rings (SSSR count). The van der Waals surface area contributed by atoms with Gasteiger partial charge in [-0.05, 0) is 31.2 Å². The summed E-state index contributed by atoms with van der Waals surface area (Å²) in [6, 6.07) is 5.83. The number of rotatable bonds is 15. The molecule has 1 saturated heterocycles. The second-order valence-corrected chi connectivity index (χ2v) is 10.2. The number of anilines is 1. The number of nitrogens with zero attached hydrogens (tertiary/aromatic N) is 4. The van der Waals surface area contributed by atoms with Crippen molar-refractivity contribution < 1.29 is 41.7 Å². The zero-order valence-corrected chi connectivity index (χ0v) is 22.3. The molecule has 210 valence electrons. The van der Waals surface area contributed by atoms with Crippen molar-refractivity contribution >= 4 is 56.5 Å². The molecule has 0 saturated carbocycles. The van der Waals surface area contributed by atoms with Crippen LogP contribution in [0.2, 0.25) is 0 Å². The summed E-state index contributed by atoms with van der Waals surface area (Å²) in [5.74, 6) is -1.69. The third kappa shape index (κ3) is 7.71. The van der Waals surface area contributed by atoms with Crippen LogP contribution >= 0.6 is 11.3 Å². The van der Waals surface area contributed by atoms with Crippen molar-refractivity contribution in [2.75, 3.05) is 32.1 Å². The normalized spacial score (nSPS) is 17.9. The third-order valence-electron chi connectivity index (χ3n) is 5.48. The molecule has 0 bridgehead atoms. The van der Waals surface area contributed by atoms with Gasteiger partial charge in [0, 0.05) is 17.4 Å². The van der Waals surface area contributed by atoms with Gasteiger partial charge in [-0.25, -0.2) is 9.29 Å². The van der Waals surface area contributed by atoms with E-state index in [9.17, 15) is 22.8 Å². The highest BCUT2D eigenvalue weighted by atomic mass is 32.2. The molecule has 2 heterocycles. The van der Waals surface area contributed by atoms with Gasteiger partial charge in [-0.3, -0.25) is 23.9 Å². The van der Waals surface area contributed by atoms with Gasteiger partial charge in [0.2, 0.25) is 5.91 Å². The predicted molar refractivity (Wildman–Crippen MR) is 140 cm³/mol. The molecule has 39 heavy (non-hydrogen) atoms. The molecule has 1 fully saturated rings. The highest BCUT2D eigenvalue weighted by Crippen LogP contribution is 2.32. The minimum absolute atomic E-state index is 0.0478. The molecule has 2 aromatic rings. The number of aliphatic imine (C=N–C) groups is 1. The number of nitrogens with two attached hydrogens (primary N) is 2. The maximum Gasteiger partial charge on any atom is 0.362 e. The highest BCUT2D eigenvalue weighted by Gasteiger charge is 2.51. The summed E-state index contributed by atoms with van der Waals surface area (Å²) >= 11 is 1.07. The number of amidine groups is 1. The first-order valence-electron chi connectivity index (χ1n) is 11.4. The SMILES string of the molecule is C[C@H]1[C@H](CC(=O)/C(=N\OCCOc2ccc(C(N)=NCCOC=O)cc2)c2csc(N)n2)C(=O)N1S(=O)(=O)O. The van der Waals surface area contributed by atoms with Gasteiger partial charge in [0.15, 0.2) is 23.2 Å². The fourth-order valence-electron chi connectivity index (χ4n) is 3.55. The second kappa shape index (κ2) is 13.1. The summed E-state index contributed by atoms with van der Waals surface area (Å²) in [5, 5.41) is 5.54. The van der Waals surface area contributed by atoms with Crippen molar-refractivity contribution in [1.29, 1.82) is 0 Å². The lowest BCUT2D eigenvalue weighted by Gasteiger charge is -2.41. The number of benzene rings is 1. The van der Waals surface area contributed by atoms with Gasteiger partial charge < -0.3 is 25.8 Å².